The highest BCUT2D eigenvalue weighted by atomic mass is 32.1. The van der Waals surface area contributed by atoms with Crippen LogP contribution in [0.4, 0.5) is 5.95 Å². The second-order valence-electron chi connectivity index (χ2n) is 8.23. The first-order valence-electron chi connectivity index (χ1n) is 11.2. The second-order valence-corrected chi connectivity index (χ2v) is 9.07. The monoisotopic (exact) mass is 480 g/mol. The van der Waals surface area contributed by atoms with Crippen LogP contribution in [0.5, 0.6) is 5.75 Å². The van der Waals surface area contributed by atoms with Crippen LogP contribution in [0.2, 0.25) is 0 Å². The van der Waals surface area contributed by atoms with Crippen LogP contribution < -0.4 is 10.1 Å². The molecule has 5 aromatic rings. The van der Waals surface area contributed by atoms with E-state index in [-0.39, 0.29) is 11.9 Å². The van der Waals surface area contributed by atoms with Crippen molar-refractivity contribution < 1.29 is 9.53 Å². The van der Waals surface area contributed by atoms with Crippen LogP contribution in [0.15, 0.2) is 84.3 Å². The molecule has 0 atom stereocenters. The Bertz CT molecular complexity index is 1500. The number of amides is 1. The summed E-state index contributed by atoms with van der Waals surface area (Å²) in [4.78, 5) is 17.6. The molecular formula is C28H24N4O2S. The molecule has 6 nitrogen and oxygen atoms in total. The highest BCUT2D eigenvalue weighted by Crippen LogP contribution is 2.29. The van der Waals surface area contributed by atoms with Gasteiger partial charge >= 0.3 is 0 Å². The van der Waals surface area contributed by atoms with E-state index in [1.54, 1.807) is 10.6 Å². The van der Waals surface area contributed by atoms with Crippen LogP contribution in [0.1, 0.15) is 22.3 Å². The molecule has 0 aliphatic heterocycles. The molecule has 0 bridgehead atoms. The molecule has 0 saturated heterocycles. The number of aryl methyl sites for hydroxylation is 2. The largest absolute Gasteiger partial charge is 0.489 e. The number of benzene rings is 3. The molecule has 0 saturated carbocycles. The number of rotatable bonds is 7. The predicted molar refractivity (Wildman–Crippen MR) is 141 cm³/mol. The molecule has 5 rings (SSSR count). The SMILES string of the molecule is Cc1ccc(-c2csc3nc(NC(=O)/C=C/c4ccc(OCc5ccccc5)cc4)nn23)c(C)c1. The maximum atomic E-state index is 12.4. The molecule has 174 valence electrons. The fourth-order valence-electron chi connectivity index (χ4n) is 3.76. The van der Waals surface area contributed by atoms with Crippen LogP contribution in [0.25, 0.3) is 22.3 Å². The van der Waals surface area contributed by atoms with Crippen molar-refractivity contribution in [1.29, 1.82) is 0 Å². The maximum absolute atomic E-state index is 12.4. The molecule has 35 heavy (non-hydrogen) atoms. The average Bonchev–Trinajstić information content (AvgIpc) is 3.43. The summed E-state index contributed by atoms with van der Waals surface area (Å²) in [5, 5.41) is 9.28. The highest BCUT2D eigenvalue weighted by Gasteiger charge is 2.14. The van der Waals surface area contributed by atoms with E-state index in [1.807, 2.05) is 60.0 Å². The highest BCUT2D eigenvalue weighted by molar-refractivity contribution is 7.15. The summed E-state index contributed by atoms with van der Waals surface area (Å²) >= 11 is 1.49. The lowest BCUT2D eigenvalue weighted by molar-refractivity contribution is -0.111. The number of carbonyl (C=O) groups excluding carboxylic acids is 1. The first-order chi connectivity index (χ1) is 17.0. The van der Waals surface area contributed by atoms with Crippen LogP contribution in [-0.4, -0.2) is 20.5 Å². The summed E-state index contributed by atoms with van der Waals surface area (Å²) in [5.41, 5.74) is 6.45. The van der Waals surface area contributed by atoms with E-state index in [0.717, 1.165) is 33.1 Å². The van der Waals surface area contributed by atoms with Gasteiger partial charge in [-0.15, -0.1) is 16.4 Å². The molecular weight excluding hydrogens is 456 g/mol. The summed E-state index contributed by atoms with van der Waals surface area (Å²) in [7, 11) is 0. The third-order valence-corrected chi connectivity index (χ3v) is 6.35. The smallest absolute Gasteiger partial charge is 0.250 e. The summed E-state index contributed by atoms with van der Waals surface area (Å²) < 4.78 is 7.58. The van der Waals surface area contributed by atoms with Crippen molar-refractivity contribution >= 4 is 34.2 Å². The Morgan fingerprint density at radius 2 is 1.86 bits per heavy atom. The van der Waals surface area contributed by atoms with Crippen molar-refractivity contribution in [3.05, 3.63) is 107 Å². The summed E-state index contributed by atoms with van der Waals surface area (Å²) in [5.74, 6) is 0.764. The predicted octanol–water partition coefficient (Wildman–Crippen LogP) is 6.31. The minimum atomic E-state index is -0.291. The lowest BCUT2D eigenvalue weighted by Gasteiger charge is -2.06. The zero-order valence-corrected chi connectivity index (χ0v) is 20.3. The minimum absolute atomic E-state index is 0.280. The standard InChI is InChI=1S/C28H24N4O2S/c1-19-8-14-24(20(2)16-19)25-18-35-28-30-27(31-32(25)28)29-26(33)15-11-21-9-12-23(13-10-21)34-17-22-6-4-3-5-7-22/h3-16,18H,17H2,1-2H3,(H,29,31,33)/b15-11+. The third kappa shape index (κ3) is 5.31. The van der Waals surface area contributed by atoms with Gasteiger partial charge in [0.05, 0.1) is 5.69 Å². The normalized spacial score (nSPS) is 11.3. The van der Waals surface area contributed by atoms with Gasteiger partial charge in [0.25, 0.3) is 11.9 Å². The summed E-state index contributed by atoms with van der Waals surface area (Å²) in [6.07, 6.45) is 3.22. The van der Waals surface area contributed by atoms with Crippen LogP contribution in [0, 0.1) is 13.8 Å². The van der Waals surface area contributed by atoms with E-state index >= 15 is 0 Å². The Balaban J connectivity index is 1.22. The van der Waals surface area contributed by atoms with Gasteiger partial charge in [0.1, 0.15) is 12.4 Å². The van der Waals surface area contributed by atoms with Gasteiger partial charge in [-0.3, -0.25) is 10.1 Å². The van der Waals surface area contributed by atoms with Gasteiger partial charge in [0.15, 0.2) is 0 Å². The Morgan fingerprint density at radius 1 is 1.06 bits per heavy atom. The second kappa shape index (κ2) is 9.95. The van der Waals surface area contributed by atoms with Gasteiger partial charge in [-0.05, 0) is 48.7 Å². The fourth-order valence-corrected chi connectivity index (χ4v) is 4.58. The minimum Gasteiger partial charge on any atom is -0.489 e. The van der Waals surface area contributed by atoms with Crippen molar-refractivity contribution in [3.8, 4) is 17.0 Å². The number of hydrogen-bond donors (Lipinski definition) is 1. The summed E-state index contributed by atoms with van der Waals surface area (Å²) in [6.45, 7) is 4.67. The number of thiazole rings is 1. The van der Waals surface area contributed by atoms with E-state index in [2.05, 4.69) is 47.4 Å². The number of carbonyl (C=O) groups is 1. The molecule has 2 heterocycles. The van der Waals surface area contributed by atoms with Crippen LogP contribution in [-0.2, 0) is 11.4 Å². The number of ether oxygens (including phenoxy) is 1. The van der Waals surface area contributed by atoms with Crippen molar-refractivity contribution in [3.63, 3.8) is 0 Å². The molecule has 0 radical (unpaired) electrons. The van der Waals surface area contributed by atoms with Gasteiger partial charge in [-0.2, -0.15) is 4.98 Å². The number of anilines is 1. The number of hydrogen-bond acceptors (Lipinski definition) is 5. The molecule has 3 aromatic carbocycles. The van der Waals surface area contributed by atoms with E-state index in [0.29, 0.717) is 6.61 Å². The van der Waals surface area contributed by atoms with Crippen molar-refractivity contribution in [2.24, 2.45) is 0 Å². The number of nitrogens with zero attached hydrogens (tertiary/aromatic N) is 3. The van der Waals surface area contributed by atoms with Crippen molar-refractivity contribution in [1.82, 2.24) is 14.6 Å². The fraction of sp³-hybridized carbons (Fsp3) is 0.107. The lowest BCUT2D eigenvalue weighted by atomic mass is 10.0. The van der Waals surface area contributed by atoms with Crippen molar-refractivity contribution in [2.75, 3.05) is 5.32 Å². The molecule has 0 fully saturated rings. The lowest BCUT2D eigenvalue weighted by Crippen LogP contribution is -2.09. The molecule has 1 amide bonds. The van der Waals surface area contributed by atoms with E-state index in [1.165, 1.54) is 28.5 Å². The third-order valence-electron chi connectivity index (χ3n) is 5.53. The number of aromatic nitrogens is 3. The van der Waals surface area contributed by atoms with Gasteiger partial charge in [0.2, 0.25) is 4.96 Å². The van der Waals surface area contributed by atoms with E-state index in [9.17, 15) is 4.79 Å². The van der Waals surface area contributed by atoms with Crippen LogP contribution >= 0.6 is 11.3 Å². The molecule has 0 unspecified atom stereocenters. The first-order valence-corrected chi connectivity index (χ1v) is 12.1. The number of nitrogens with one attached hydrogen (secondary N) is 1. The van der Waals surface area contributed by atoms with Gasteiger partial charge in [0, 0.05) is 17.0 Å². The molecule has 1 N–H and O–H groups in total. The topological polar surface area (TPSA) is 68.5 Å². The first kappa shape index (κ1) is 22.6. The average molecular weight is 481 g/mol. The van der Waals surface area contributed by atoms with Crippen LogP contribution in [0.3, 0.4) is 0 Å². The molecule has 7 heteroatoms. The van der Waals surface area contributed by atoms with Gasteiger partial charge < -0.3 is 4.74 Å². The summed E-state index contributed by atoms with van der Waals surface area (Å²) in [6, 6.07) is 23.9. The molecule has 0 spiro atoms. The van der Waals surface area contributed by atoms with Gasteiger partial charge in [-0.1, -0.05) is 66.2 Å². The zero-order chi connectivity index (χ0) is 24.2. The Kier molecular flexibility index (Phi) is 6.41. The Morgan fingerprint density at radius 3 is 2.63 bits per heavy atom. The zero-order valence-electron chi connectivity index (χ0n) is 19.4. The van der Waals surface area contributed by atoms with Crippen molar-refractivity contribution in [2.45, 2.75) is 20.5 Å². The van der Waals surface area contributed by atoms with E-state index in [4.69, 9.17) is 4.74 Å². The molecule has 2 aromatic heterocycles. The quantitative estimate of drug-likeness (QED) is 0.277. The molecule has 0 aliphatic rings. The van der Waals surface area contributed by atoms with E-state index < -0.39 is 0 Å². The molecule has 0 aliphatic carbocycles. The number of fused-ring (bicyclic) bond motifs is 1. The van der Waals surface area contributed by atoms with Gasteiger partial charge in [-0.25, -0.2) is 4.52 Å². The maximum Gasteiger partial charge on any atom is 0.250 e. The Hall–Kier alpha value is -4.23. The Labute approximate surface area is 207 Å².